The minimum atomic E-state index is -0.180. The number of piperidine rings is 1. The smallest absolute Gasteiger partial charge is 0.309 e. The van der Waals surface area contributed by atoms with Crippen LogP contribution >= 0.6 is 0 Å². The number of hydrogen-bond acceptors (Lipinski definition) is 4. The molecule has 1 aromatic carbocycles. The Balaban J connectivity index is 1.81. The summed E-state index contributed by atoms with van der Waals surface area (Å²) in [6.45, 7) is 3.08. The molecule has 1 fully saturated rings. The molecule has 0 unspecified atom stereocenters. The molecule has 1 aliphatic heterocycles. The van der Waals surface area contributed by atoms with Gasteiger partial charge in [-0.05, 0) is 30.5 Å². The first-order chi connectivity index (χ1) is 10.1. The number of ether oxygens (including phenoxy) is 2. The topological polar surface area (TPSA) is 55.8 Å². The van der Waals surface area contributed by atoms with E-state index >= 15 is 0 Å². The summed E-state index contributed by atoms with van der Waals surface area (Å²) in [6.07, 6.45) is 1.35. The van der Waals surface area contributed by atoms with E-state index in [1.54, 1.807) is 18.9 Å². The maximum absolute atomic E-state index is 12.0. The minimum absolute atomic E-state index is 0.0678. The van der Waals surface area contributed by atoms with Crippen molar-refractivity contribution in [2.75, 3.05) is 20.2 Å². The Bertz CT molecular complexity index is 507. The maximum Gasteiger partial charge on any atom is 0.309 e. The fourth-order valence-electron chi connectivity index (χ4n) is 2.46. The second-order valence-corrected chi connectivity index (χ2v) is 5.24. The number of carbonyl (C=O) groups is 2. The van der Waals surface area contributed by atoms with Gasteiger partial charge in [-0.15, -0.1) is 0 Å². The van der Waals surface area contributed by atoms with Gasteiger partial charge in [-0.2, -0.15) is 0 Å². The summed E-state index contributed by atoms with van der Waals surface area (Å²) in [6, 6.07) is 7.47. The predicted molar refractivity (Wildman–Crippen MR) is 77.8 cm³/mol. The molecule has 114 valence electrons. The van der Waals surface area contributed by atoms with Crippen molar-refractivity contribution >= 4 is 11.9 Å². The standard InChI is InChI=1S/C16H21NO4/c1-12(18)17-8-6-14(7-9-17)16(19)21-11-13-4-3-5-15(10-13)20-2/h3-5,10,14H,6-9,11H2,1-2H3. The molecule has 0 N–H and O–H groups in total. The second kappa shape index (κ2) is 7.11. The number of nitrogens with zero attached hydrogens (tertiary/aromatic N) is 1. The highest BCUT2D eigenvalue weighted by atomic mass is 16.5. The van der Waals surface area contributed by atoms with Crippen molar-refractivity contribution in [3.63, 3.8) is 0 Å². The van der Waals surface area contributed by atoms with Gasteiger partial charge in [-0.3, -0.25) is 9.59 Å². The van der Waals surface area contributed by atoms with Gasteiger partial charge in [0, 0.05) is 20.0 Å². The van der Waals surface area contributed by atoms with Crippen LogP contribution < -0.4 is 4.74 Å². The van der Waals surface area contributed by atoms with E-state index in [9.17, 15) is 9.59 Å². The molecular weight excluding hydrogens is 270 g/mol. The average Bonchev–Trinajstić information content (AvgIpc) is 2.53. The molecule has 1 aromatic rings. The molecule has 21 heavy (non-hydrogen) atoms. The summed E-state index contributed by atoms with van der Waals surface area (Å²) in [5.41, 5.74) is 0.906. The van der Waals surface area contributed by atoms with E-state index in [0.717, 1.165) is 11.3 Å². The van der Waals surface area contributed by atoms with Gasteiger partial charge < -0.3 is 14.4 Å². The van der Waals surface area contributed by atoms with E-state index in [0.29, 0.717) is 25.9 Å². The molecule has 0 aromatic heterocycles. The first-order valence-electron chi connectivity index (χ1n) is 7.15. The fraction of sp³-hybridized carbons (Fsp3) is 0.500. The van der Waals surface area contributed by atoms with Crippen molar-refractivity contribution < 1.29 is 19.1 Å². The lowest BCUT2D eigenvalue weighted by Gasteiger charge is -2.30. The Kier molecular flexibility index (Phi) is 5.20. The molecule has 0 radical (unpaired) electrons. The summed E-state index contributed by atoms with van der Waals surface area (Å²) in [4.78, 5) is 25.1. The Labute approximate surface area is 124 Å². The van der Waals surface area contributed by atoms with Crippen molar-refractivity contribution in [2.45, 2.75) is 26.4 Å². The van der Waals surface area contributed by atoms with Crippen LogP contribution in [-0.4, -0.2) is 37.0 Å². The molecule has 0 aliphatic carbocycles. The van der Waals surface area contributed by atoms with Crippen LogP contribution in [0.2, 0.25) is 0 Å². The maximum atomic E-state index is 12.0. The van der Waals surface area contributed by atoms with Crippen LogP contribution in [0.4, 0.5) is 0 Å². The second-order valence-electron chi connectivity index (χ2n) is 5.24. The summed E-state index contributed by atoms with van der Waals surface area (Å²) >= 11 is 0. The monoisotopic (exact) mass is 291 g/mol. The molecule has 5 nitrogen and oxygen atoms in total. The summed E-state index contributed by atoms with van der Waals surface area (Å²) in [5, 5.41) is 0. The molecule has 1 aliphatic rings. The lowest BCUT2D eigenvalue weighted by Crippen LogP contribution is -2.39. The van der Waals surface area contributed by atoms with E-state index in [1.807, 2.05) is 24.3 Å². The summed E-state index contributed by atoms with van der Waals surface area (Å²) < 4.78 is 10.5. The van der Waals surface area contributed by atoms with Crippen molar-refractivity contribution in [1.29, 1.82) is 0 Å². The zero-order valence-corrected chi connectivity index (χ0v) is 12.5. The molecule has 1 amide bonds. The van der Waals surface area contributed by atoms with Crippen LogP contribution in [0.3, 0.4) is 0 Å². The highest BCUT2D eigenvalue weighted by Gasteiger charge is 2.27. The number of rotatable bonds is 4. The molecule has 2 rings (SSSR count). The molecule has 0 bridgehead atoms. The Morgan fingerprint density at radius 3 is 2.62 bits per heavy atom. The molecule has 5 heteroatoms. The minimum Gasteiger partial charge on any atom is -0.497 e. The highest BCUT2D eigenvalue weighted by Crippen LogP contribution is 2.20. The van der Waals surface area contributed by atoms with Crippen LogP contribution in [0.25, 0.3) is 0 Å². The number of likely N-dealkylation sites (tertiary alicyclic amines) is 1. The molecule has 0 spiro atoms. The molecule has 1 saturated heterocycles. The van der Waals surface area contributed by atoms with Crippen LogP contribution in [0, 0.1) is 5.92 Å². The fourth-order valence-corrected chi connectivity index (χ4v) is 2.46. The van der Waals surface area contributed by atoms with E-state index in [4.69, 9.17) is 9.47 Å². The molecular formula is C16H21NO4. The molecule has 1 heterocycles. The van der Waals surface area contributed by atoms with E-state index in [2.05, 4.69) is 0 Å². The van der Waals surface area contributed by atoms with Gasteiger partial charge in [0.1, 0.15) is 12.4 Å². The quantitative estimate of drug-likeness (QED) is 0.796. The summed E-state index contributed by atoms with van der Waals surface area (Å²) in [7, 11) is 1.61. The van der Waals surface area contributed by atoms with E-state index in [-0.39, 0.29) is 24.4 Å². The average molecular weight is 291 g/mol. The van der Waals surface area contributed by atoms with Crippen molar-refractivity contribution in [1.82, 2.24) is 4.90 Å². The van der Waals surface area contributed by atoms with Crippen LogP contribution in [0.15, 0.2) is 24.3 Å². The van der Waals surface area contributed by atoms with Gasteiger partial charge in [-0.25, -0.2) is 0 Å². The zero-order valence-electron chi connectivity index (χ0n) is 12.5. The lowest BCUT2D eigenvalue weighted by molar-refractivity contribution is -0.152. The number of methoxy groups -OCH3 is 1. The number of carbonyl (C=O) groups excluding carboxylic acids is 2. The normalized spacial score (nSPS) is 15.6. The van der Waals surface area contributed by atoms with Crippen LogP contribution in [0.5, 0.6) is 5.75 Å². The lowest BCUT2D eigenvalue weighted by atomic mass is 9.97. The van der Waals surface area contributed by atoms with Crippen LogP contribution in [-0.2, 0) is 20.9 Å². The predicted octanol–water partition coefficient (Wildman–Crippen LogP) is 2.00. The Hall–Kier alpha value is -2.04. The number of benzene rings is 1. The SMILES string of the molecule is COc1cccc(COC(=O)C2CCN(C(C)=O)CC2)c1. The third kappa shape index (κ3) is 4.21. The number of amides is 1. The first-order valence-corrected chi connectivity index (χ1v) is 7.15. The third-order valence-electron chi connectivity index (χ3n) is 3.79. The van der Waals surface area contributed by atoms with Crippen molar-refractivity contribution in [2.24, 2.45) is 5.92 Å². The van der Waals surface area contributed by atoms with E-state index < -0.39 is 0 Å². The highest BCUT2D eigenvalue weighted by molar-refractivity contribution is 5.75. The first kappa shape index (κ1) is 15.4. The molecule has 0 atom stereocenters. The van der Waals surface area contributed by atoms with Gasteiger partial charge in [0.2, 0.25) is 5.91 Å². The van der Waals surface area contributed by atoms with Crippen molar-refractivity contribution in [3.05, 3.63) is 29.8 Å². The number of hydrogen-bond donors (Lipinski definition) is 0. The Morgan fingerprint density at radius 1 is 1.29 bits per heavy atom. The summed E-state index contributed by atoms with van der Waals surface area (Å²) in [5.74, 6) is 0.531. The largest absolute Gasteiger partial charge is 0.497 e. The van der Waals surface area contributed by atoms with Gasteiger partial charge >= 0.3 is 5.97 Å². The Morgan fingerprint density at radius 2 is 2.00 bits per heavy atom. The zero-order chi connectivity index (χ0) is 15.2. The van der Waals surface area contributed by atoms with Crippen molar-refractivity contribution in [3.8, 4) is 5.75 Å². The molecule has 0 saturated carbocycles. The van der Waals surface area contributed by atoms with E-state index in [1.165, 1.54) is 0 Å². The number of esters is 1. The van der Waals surface area contributed by atoms with Crippen LogP contribution in [0.1, 0.15) is 25.3 Å². The van der Waals surface area contributed by atoms with Gasteiger partial charge in [0.15, 0.2) is 0 Å². The van der Waals surface area contributed by atoms with Gasteiger partial charge in [0.05, 0.1) is 13.0 Å². The van der Waals surface area contributed by atoms with Gasteiger partial charge in [-0.1, -0.05) is 12.1 Å². The third-order valence-corrected chi connectivity index (χ3v) is 3.79. The van der Waals surface area contributed by atoms with Gasteiger partial charge in [0.25, 0.3) is 0 Å².